The fraction of sp³-hybridized carbons (Fsp3) is 0.571. The Labute approximate surface area is 115 Å². The van der Waals surface area contributed by atoms with Gasteiger partial charge in [0, 0.05) is 12.1 Å². The van der Waals surface area contributed by atoms with Crippen LogP contribution in [0.3, 0.4) is 0 Å². The zero-order valence-corrected chi connectivity index (χ0v) is 12.3. The quantitative estimate of drug-likeness (QED) is 0.888. The van der Waals surface area contributed by atoms with E-state index in [0.717, 1.165) is 36.8 Å². The van der Waals surface area contributed by atoms with Crippen molar-refractivity contribution in [1.29, 1.82) is 0 Å². The van der Waals surface area contributed by atoms with Crippen LogP contribution in [-0.2, 0) is 10.0 Å². The fourth-order valence-electron chi connectivity index (χ4n) is 2.67. The maximum absolute atomic E-state index is 12.4. The first-order valence-corrected chi connectivity index (χ1v) is 8.23. The molecule has 2 unspecified atom stereocenters. The van der Waals surface area contributed by atoms with Gasteiger partial charge in [0.15, 0.2) is 0 Å². The van der Waals surface area contributed by atoms with Gasteiger partial charge < -0.3 is 5.73 Å². The summed E-state index contributed by atoms with van der Waals surface area (Å²) >= 11 is 0. The second-order valence-corrected chi connectivity index (χ2v) is 7.13. The predicted octanol–water partition coefficient (Wildman–Crippen LogP) is 1.85. The molecule has 1 aliphatic rings. The molecular weight excluding hydrogens is 260 g/mol. The molecule has 3 N–H and O–H groups in total. The zero-order valence-electron chi connectivity index (χ0n) is 11.5. The molecule has 106 valence electrons. The summed E-state index contributed by atoms with van der Waals surface area (Å²) in [5, 5.41) is 0. The molecule has 5 heteroatoms. The van der Waals surface area contributed by atoms with Crippen molar-refractivity contribution in [2.24, 2.45) is 5.73 Å². The fourth-order valence-corrected chi connectivity index (χ4v) is 4.22. The SMILES string of the molecule is Cc1ccc(S(=O)(=O)NC2CCCCC2N)c(C)c1. The van der Waals surface area contributed by atoms with Crippen molar-refractivity contribution in [3.63, 3.8) is 0 Å². The number of hydrogen-bond donors (Lipinski definition) is 2. The number of nitrogens with two attached hydrogens (primary N) is 1. The number of benzene rings is 1. The summed E-state index contributed by atoms with van der Waals surface area (Å²) in [7, 11) is -3.47. The Hall–Kier alpha value is -0.910. The monoisotopic (exact) mass is 282 g/mol. The number of hydrogen-bond acceptors (Lipinski definition) is 3. The predicted molar refractivity (Wildman–Crippen MR) is 76.5 cm³/mol. The van der Waals surface area contributed by atoms with Gasteiger partial charge in [-0.15, -0.1) is 0 Å². The van der Waals surface area contributed by atoms with Gasteiger partial charge in [0.05, 0.1) is 4.90 Å². The molecule has 0 heterocycles. The molecule has 0 amide bonds. The van der Waals surface area contributed by atoms with E-state index < -0.39 is 10.0 Å². The average molecular weight is 282 g/mol. The van der Waals surface area contributed by atoms with Crippen LogP contribution in [0.15, 0.2) is 23.1 Å². The van der Waals surface area contributed by atoms with E-state index in [2.05, 4.69) is 4.72 Å². The second-order valence-electron chi connectivity index (χ2n) is 5.45. The van der Waals surface area contributed by atoms with Gasteiger partial charge in [0.25, 0.3) is 0 Å². The van der Waals surface area contributed by atoms with E-state index in [0.29, 0.717) is 4.90 Å². The van der Waals surface area contributed by atoms with Crippen molar-refractivity contribution in [3.05, 3.63) is 29.3 Å². The van der Waals surface area contributed by atoms with E-state index >= 15 is 0 Å². The number of sulfonamides is 1. The standard InChI is InChI=1S/C14H22N2O2S/c1-10-7-8-14(11(2)9-10)19(17,18)16-13-6-4-3-5-12(13)15/h7-9,12-13,16H,3-6,15H2,1-2H3. The van der Waals surface area contributed by atoms with Gasteiger partial charge in [0.2, 0.25) is 10.0 Å². The first-order valence-electron chi connectivity index (χ1n) is 6.75. The van der Waals surface area contributed by atoms with Crippen LogP contribution in [0.2, 0.25) is 0 Å². The summed E-state index contributed by atoms with van der Waals surface area (Å²) in [6, 6.07) is 5.16. The van der Waals surface area contributed by atoms with E-state index in [9.17, 15) is 8.42 Å². The Morgan fingerprint density at radius 3 is 2.53 bits per heavy atom. The van der Waals surface area contributed by atoms with Crippen LogP contribution in [-0.4, -0.2) is 20.5 Å². The molecule has 4 nitrogen and oxygen atoms in total. The molecule has 1 aromatic carbocycles. The van der Waals surface area contributed by atoms with Gasteiger partial charge in [0.1, 0.15) is 0 Å². The summed E-state index contributed by atoms with van der Waals surface area (Å²) in [5.74, 6) is 0. The molecule has 19 heavy (non-hydrogen) atoms. The van der Waals surface area contributed by atoms with Crippen LogP contribution in [0.25, 0.3) is 0 Å². The van der Waals surface area contributed by atoms with E-state index in [1.165, 1.54) is 0 Å². The van der Waals surface area contributed by atoms with Crippen molar-refractivity contribution < 1.29 is 8.42 Å². The molecule has 0 aliphatic heterocycles. The highest BCUT2D eigenvalue weighted by Gasteiger charge is 2.27. The lowest BCUT2D eigenvalue weighted by Gasteiger charge is -2.29. The normalized spacial score (nSPS) is 24.4. The van der Waals surface area contributed by atoms with Gasteiger partial charge in [-0.1, -0.05) is 30.5 Å². The summed E-state index contributed by atoms with van der Waals surface area (Å²) in [5.41, 5.74) is 7.84. The highest BCUT2D eigenvalue weighted by Crippen LogP contribution is 2.21. The molecule has 1 aromatic rings. The number of nitrogens with one attached hydrogen (secondary N) is 1. The lowest BCUT2D eigenvalue weighted by Crippen LogP contribution is -2.49. The highest BCUT2D eigenvalue weighted by atomic mass is 32.2. The highest BCUT2D eigenvalue weighted by molar-refractivity contribution is 7.89. The minimum Gasteiger partial charge on any atom is -0.326 e. The topological polar surface area (TPSA) is 72.2 Å². The van der Waals surface area contributed by atoms with Crippen LogP contribution in [0, 0.1) is 13.8 Å². The maximum atomic E-state index is 12.4. The van der Waals surface area contributed by atoms with Gasteiger partial charge in [-0.2, -0.15) is 0 Å². The first kappa shape index (κ1) is 14.5. The van der Waals surface area contributed by atoms with E-state index in [1.54, 1.807) is 6.07 Å². The van der Waals surface area contributed by atoms with Gasteiger partial charge in [-0.05, 0) is 38.3 Å². The van der Waals surface area contributed by atoms with Gasteiger partial charge in [-0.25, -0.2) is 13.1 Å². The third-order valence-corrected chi connectivity index (χ3v) is 5.40. The molecule has 2 rings (SSSR count). The smallest absolute Gasteiger partial charge is 0.241 e. The van der Waals surface area contributed by atoms with Gasteiger partial charge in [-0.3, -0.25) is 0 Å². The molecule has 1 fully saturated rings. The molecule has 0 spiro atoms. The van der Waals surface area contributed by atoms with Crippen molar-refractivity contribution >= 4 is 10.0 Å². The molecule has 1 saturated carbocycles. The molecule has 0 bridgehead atoms. The summed E-state index contributed by atoms with van der Waals surface area (Å²) in [6.45, 7) is 3.77. The van der Waals surface area contributed by atoms with Crippen molar-refractivity contribution in [1.82, 2.24) is 4.72 Å². The third kappa shape index (κ3) is 3.35. The zero-order chi connectivity index (χ0) is 14.0. The van der Waals surface area contributed by atoms with E-state index in [-0.39, 0.29) is 12.1 Å². The second kappa shape index (κ2) is 5.61. The molecule has 0 radical (unpaired) electrons. The minimum absolute atomic E-state index is 0.0747. The molecule has 0 aromatic heterocycles. The van der Waals surface area contributed by atoms with E-state index in [4.69, 9.17) is 5.73 Å². The van der Waals surface area contributed by atoms with Crippen LogP contribution in [0.1, 0.15) is 36.8 Å². The van der Waals surface area contributed by atoms with Crippen molar-refractivity contribution in [2.75, 3.05) is 0 Å². The minimum atomic E-state index is -3.47. The largest absolute Gasteiger partial charge is 0.326 e. The van der Waals surface area contributed by atoms with Crippen molar-refractivity contribution in [3.8, 4) is 0 Å². The van der Waals surface area contributed by atoms with Crippen LogP contribution >= 0.6 is 0 Å². The third-order valence-electron chi connectivity index (χ3n) is 3.75. The Bertz CT molecular complexity index is 555. The molecule has 1 aliphatic carbocycles. The maximum Gasteiger partial charge on any atom is 0.241 e. The average Bonchev–Trinajstić information content (AvgIpc) is 2.31. The summed E-state index contributed by atoms with van der Waals surface area (Å²) in [4.78, 5) is 0.357. The summed E-state index contributed by atoms with van der Waals surface area (Å²) < 4.78 is 27.6. The number of rotatable bonds is 3. The van der Waals surface area contributed by atoms with E-state index in [1.807, 2.05) is 26.0 Å². The van der Waals surface area contributed by atoms with Crippen molar-refractivity contribution in [2.45, 2.75) is 56.5 Å². The van der Waals surface area contributed by atoms with Crippen LogP contribution in [0.4, 0.5) is 0 Å². The number of aryl methyl sites for hydroxylation is 2. The Morgan fingerprint density at radius 1 is 1.21 bits per heavy atom. The molecule has 0 saturated heterocycles. The first-order chi connectivity index (χ1) is 8.90. The Morgan fingerprint density at radius 2 is 1.89 bits per heavy atom. The molecular formula is C14H22N2O2S. The summed E-state index contributed by atoms with van der Waals surface area (Å²) in [6.07, 6.45) is 3.84. The Balaban J connectivity index is 2.22. The van der Waals surface area contributed by atoms with Crippen LogP contribution < -0.4 is 10.5 Å². The lowest BCUT2D eigenvalue weighted by molar-refractivity contribution is 0.361. The Kier molecular flexibility index (Phi) is 4.28. The van der Waals surface area contributed by atoms with Crippen LogP contribution in [0.5, 0.6) is 0 Å². The van der Waals surface area contributed by atoms with Gasteiger partial charge >= 0.3 is 0 Å². The lowest BCUT2D eigenvalue weighted by atomic mass is 9.92. The molecule has 2 atom stereocenters.